The van der Waals surface area contributed by atoms with E-state index >= 15 is 0 Å². The first-order valence-corrected chi connectivity index (χ1v) is 20.3. The molecule has 0 radical (unpaired) electrons. The van der Waals surface area contributed by atoms with E-state index in [1.54, 1.807) is 0 Å². The van der Waals surface area contributed by atoms with E-state index in [0.717, 1.165) is 71.5 Å². The van der Waals surface area contributed by atoms with Crippen molar-refractivity contribution in [2.75, 3.05) is 0 Å². The van der Waals surface area contributed by atoms with Gasteiger partial charge in [-0.25, -0.2) is 15.0 Å². The predicted molar refractivity (Wildman–Crippen MR) is 248 cm³/mol. The number of furan rings is 1. The topological polar surface area (TPSA) is 56.7 Å². The van der Waals surface area contributed by atoms with Crippen LogP contribution in [0, 0.1) is 0 Å². The molecule has 0 bridgehead atoms. The van der Waals surface area contributed by atoms with Gasteiger partial charge >= 0.3 is 0 Å². The molecule has 3 heterocycles. The molecular weight excluding hydrogens is 733 g/mol. The highest BCUT2D eigenvalue weighted by atomic mass is 16.3. The first kappa shape index (κ1) is 32.9. The Labute approximate surface area is 343 Å². The molecular formula is C55H32N4O. The maximum Gasteiger partial charge on any atom is 0.170 e. The van der Waals surface area contributed by atoms with Crippen LogP contribution in [0.4, 0.5) is 0 Å². The van der Waals surface area contributed by atoms with Gasteiger partial charge < -0.3 is 8.98 Å². The zero-order valence-electron chi connectivity index (χ0n) is 32.2. The molecule has 0 aliphatic rings. The number of hydrogen-bond donors (Lipinski definition) is 0. The quantitative estimate of drug-likeness (QED) is 0.167. The second-order valence-electron chi connectivity index (χ2n) is 15.6. The van der Waals surface area contributed by atoms with Crippen molar-refractivity contribution in [3.05, 3.63) is 194 Å². The molecule has 5 nitrogen and oxygen atoms in total. The Morgan fingerprint density at radius 2 is 0.883 bits per heavy atom. The molecule has 0 fully saturated rings. The zero-order chi connectivity index (χ0) is 39.3. The summed E-state index contributed by atoms with van der Waals surface area (Å²) in [7, 11) is 0. The summed E-state index contributed by atoms with van der Waals surface area (Å²) in [6.45, 7) is 0. The number of fused-ring (bicyclic) bond motifs is 11. The molecule has 0 amide bonds. The van der Waals surface area contributed by atoms with Crippen LogP contribution in [-0.4, -0.2) is 19.5 Å². The average Bonchev–Trinajstić information content (AvgIpc) is 3.85. The molecule has 0 unspecified atom stereocenters. The Bertz CT molecular complexity index is 3910. The van der Waals surface area contributed by atoms with Gasteiger partial charge in [0.15, 0.2) is 17.5 Å². The van der Waals surface area contributed by atoms with Crippen molar-refractivity contribution in [3.8, 4) is 39.9 Å². The summed E-state index contributed by atoms with van der Waals surface area (Å²) in [5.41, 5.74) is 7.27. The fraction of sp³-hybridized carbons (Fsp3) is 0. The summed E-state index contributed by atoms with van der Waals surface area (Å²) in [6, 6.07) is 68.7. The van der Waals surface area contributed by atoms with Crippen LogP contribution in [0.1, 0.15) is 0 Å². The van der Waals surface area contributed by atoms with E-state index in [-0.39, 0.29) is 0 Å². The van der Waals surface area contributed by atoms with Crippen molar-refractivity contribution in [3.63, 3.8) is 0 Å². The molecule has 5 heteroatoms. The van der Waals surface area contributed by atoms with Crippen LogP contribution in [0.2, 0.25) is 0 Å². The standard InChI is InChI=1S/C55H32N4O/c1-2-13-35-29-39(24-21-33(35)11-1)53-56-54(40-25-26-42-38(30-40)23-22-34-12-5-6-16-41(34)42)58-55(57-53)51-48(28-27-45-44-18-8-10-20-50(44)60-52(45)51)59-47-19-9-7-17-43(47)46-31-36-14-3-4-15-37(36)32-49(46)59/h1-32H. The number of rotatable bonds is 4. The van der Waals surface area contributed by atoms with E-state index in [1.807, 2.05) is 12.1 Å². The van der Waals surface area contributed by atoms with Crippen LogP contribution in [0.5, 0.6) is 0 Å². The lowest BCUT2D eigenvalue weighted by Gasteiger charge is -2.15. The second kappa shape index (κ2) is 12.7. The highest BCUT2D eigenvalue weighted by Gasteiger charge is 2.25. The number of nitrogens with zero attached hydrogens (tertiary/aromatic N) is 4. The second-order valence-corrected chi connectivity index (χ2v) is 15.6. The van der Waals surface area contributed by atoms with Crippen molar-refractivity contribution in [1.82, 2.24) is 19.5 Å². The molecule has 0 saturated carbocycles. The first-order valence-electron chi connectivity index (χ1n) is 20.3. The molecule has 278 valence electrons. The third-order valence-electron chi connectivity index (χ3n) is 12.2. The summed E-state index contributed by atoms with van der Waals surface area (Å²) >= 11 is 0. The van der Waals surface area contributed by atoms with E-state index in [4.69, 9.17) is 19.4 Å². The molecule has 13 rings (SSSR count). The Morgan fingerprint density at radius 1 is 0.333 bits per heavy atom. The van der Waals surface area contributed by atoms with Gasteiger partial charge in [0, 0.05) is 32.7 Å². The minimum atomic E-state index is 0.535. The fourth-order valence-electron chi connectivity index (χ4n) is 9.32. The molecule has 13 aromatic rings. The third kappa shape index (κ3) is 4.96. The number of benzene rings is 10. The van der Waals surface area contributed by atoms with Crippen molar-refractivity contribution in [1.29, 1.82) is 0 Å². The molecule has 0 aliphatic heterocycles. The number of hydrogen-bond acceptors (Lipinski definition) is 4. The monoisotopic (exact) mass is 764 g/mol. The summed E-state index contributed by atoms with van der Waals surface area (Å²) in [5.74, 6) is 1.71. The maximum atomic E-state index is 6.90. The Morgan fingerprint density at radius 3 is 1.70 bits per heavy atom. The van der Waals surface area contributed by atoms with Gasteiger partial charge in [0.2, 0.25) is 0 Å². The molecule has 60 heavy (non-hydrogen) atoms. The minimum absolute atomic E-state index is 0.535. The van der Waals surface area contributed by atoms with Gasteiger partial charge in [-0.1, -0.05) is 146 Å². The Hall–Kier alpha value is -8.15. The lowest BCUT2D eigenvalue weighted by atomic mass is 10.00. The highest BCUT2D eigenvalue weighted by Crippen LogP contribution is 2.43. The van der Waals surface area contributed by atoms with Gasteiger partial charge in [0.1, 0.15) is 11.2 Å². The van der Waals surface area contributed by atoms with E-state index in [2.05, 4.69) is 187 Å². The van der Waals surface area contributed by atoms with Crippen molar-refractivity contribution >= 4 is 86.8 Å². The zero-order valence-corrected chi connectivity index (χ0v) is 32.2. The molecule has 0 atom stereocenters. The normalized spacial score (nSPS) is 12.0. The van der Waals surface area contributed by atoms with Crippen LogP contribution < -0.4 is 0 Å². The SMILES string of the molecule is c1ccc2cc(-c3nc(-c4ccc5c(ccc6ccccc65)c4)nc(-c4c(-n5c6ccccc6c6cc7ccccc7cc65)ccc5c4oc4ccccc45)n3)ccc2c1. The molecule has 3 aromatic heterocycles. The van der Waals surface area contributed by atoms with Gasteiger partial charge in [-0.2, -0.15) is 0 Å². The van der Waals surface area contributed by atoms with Crippen molar-refractivity contribution in [2.45, 2.75) is 0 Å². The van der Waals surface area contributed by atoms with Crippen LogP contribution in [0.25, 0.3) is 127 Å². The van der Waals surface area contributed by atoms with Crippen LogP contribution >= 0.6 is 0 Å². The Balaban J connectivity index is 1.14. The summed E-state index contributed by atoms with van der Waals surface area (Å²) in [4.78, 5) is 16.1. The molecule has 0 spiro atoms. The van der Waals surface area contributed by atoms with Crippen molar-refractivity contribution in [2.24, 2.45) is 0 Å². The van der Waals surface area contributed by atoms with E-state index in [0.29, 0.717) is 17.5 Å². The highest BCUT2D eigenvalue weighted by molar-refractivity contribution is 6.16. The van der Waals surface area contributed by atoms with Gasteiger partial charge in [-0.3, -0.25) is 0 Å². The number of aromatic nitrogens is 4. The summed E-state index contributed by atoms with van der Waals surface area (Å²) in [6.07, 6.45) is 0. The Kier molecular flexibility index (Phi) is 6.95. The third-order valence-corrected chi connectivity index (χ3v) is 12.2. The molecule has 0 aliphatic carbocycles. The lowest BCUT2D eigenvalue weighted by molar-refractivity contribution is 0.669. The van der Waals surface area contributed by atoms with Crippen molar-refractivity contribution < 1.29 is 4.42 Å². The average molecular weight is 765 g/mol. The van der Waals surface area contributed by atoms with E-state index < -0.39 is 0 Å². The maximum absolute atomic E-state index is 6.90. The lowest BCUT2D eigenvalue weighted by Crippen LogP contribution is -2.04. The van der Waals surface area contributed by atoms with Crippen LogP contribution in [0.15, 0.2) is 199 Å². The van der Waals surface area contributed by atoms with Gasteiger partial charge in [0.25, 0.3) is 0 Å². The van der Waals surface area contributed by atoms with Crippen LogP contribution in [-0.2, 0) is 0 Å². The summed E-state index contributed by atoms with van der Waals surface area (Å²) in [5, 5.41) is 13.8. The fourth-order valence-corrected chi connectivity index (χ4v) is 9.32. The largest absolute Gasteiger partial charge is 0.455 e. The molecule has 10 aromatic carbocycles. The van der Waals surface area contributed by atoms with Crippen LogP contribution in [0.3, 0.4) is 0 Å². The smallest absolute Gasteiger partial charge is 0.170 e. The van der Waals surface area contributed by atoms with Gasteiger partial charge in [-0.15, -0.1) is 0 Å². The number of para-hydroxylation sites is 2. The van der Waals surface area contributed by atoms with Gasteiger partial charge in [-0.05, 0) is 91.6 Å². The first-order chi connectivity index (χ1) is 29.7. The minimum Gasteiger partial charge on any atom is -0.455 e. The van der Waals surface area contributed by atoms with E-state index in [1.165, 1.54) is 37.7 Å². The summed E-state index contributed by atoms with van der Waals surface area (Å²) < 4.78 is 9.27. The predicted octanol–water partition coefficient (Wildman–Crippen LogP) is 14.5. The molecule has 0 N–H and O–H groups in total. The molecule has 0 saturated heterocycles. The van der Waals surface area contributed by atoms with E-state index in [9.17, 15) is 0 Å². The van der Waals surface area contributed by atoms with Gasteiger partial charge in [0.05, 0.1) is 22.3 Å².